The predicted octanol–water partition coefficient (Wildman–Crippen LogP) is 4.76. The van der Waals surface area contributed by atoms with Crippen LogP contribution < -0.4 is 21.3 Å². The monoisotopic (exact) mass is 909 g/mol. The maximum Gasteiger partial charge on any atom is 0.220 e. The molecule has 0 bridgehead atoms. The SMILES string of the molecule is O=C(CCC(=O)C1C=CC=C1)NCCCN(CCCCN(CCCNC(=O)CCC(=O)C1C=CC=C1)CCCNC(=O)CCC(=O)C1C=CC=C1)CCCNC(=O)CCC(=O)C1C=CC=C1. The van der Waals surface area contributed by atoms with Crippen LogP contribution in [0.4, 0.5) is 0 Å². The summed E-state index contributed by atoms with van der Waals surface area (Å²) in [5.74, 6) is -1.40. The smallest absolute Gasteiger partial charge is 0.220 e. The lowest BCUT2D eigenvalue weighted by atomic mass is 10.0. The van der Waals surface area contributed by atoms with Gasteiger partial charge in [-0.15, -0.1) is 0 Å². The van der Waals surface area contributed by atoms with Crippen LogP contribution in [0.1, 0.15) is 89.9 Å². The van der Waals surface area contributed by atoms with Gasteiger partial charge in [-0.3, -0.25) is 38.4 Å². The van der Waals surface area contributed by atoms with E-state index in [0.29, 0.717) is 26.2 Å². The van der Waals surface area contributed by atoms with Gasteiger partial charge in [-0.05, 0) is 77.8 Å². The molecule has 0 aromatic heterocycles. The van der Waals surface area contributed by atoms with Crippen LogP contribution in [0.15, 0.2) is 97.2 Å². The van der Waals surface area contributed by atoms with Gasteiger partial charge in [-0.2, -0.15) is 0 Å². The zero-order chi connectivity index (χ0) is 47.2. The van der Waals surface area contributed by atoms with Gasteiger partial charge < -0.3 is 31.1 Å². The Kier molecular flexibility index (Phi) is 25.2. The van der Waals surface area contributed by atoms with Crippen molar-refractivity contribution < 1.29 is 38.4 Å². The Morgan fingerprint density at radius 2 is 0.485 bits per heavy atom. The Balaban J connectivity index is 1.20. The number of unbranched alkanes of at least 4 members (excludes halogenated alkanes) is 1. The quantitative estimate of drug-likeness (QED) is 0.0633. The molecule has 4 amide bonds. The number of hydrogen-bond acceptors (Lipinski definition) is 10. The zero-order valence-corrected chi connectivity index (χ0v) is 38.7. The molecule has 0 radical (unpaired) electrons. The number of carbonyl (C=O) groups excluding carboxylic acids is 8. The van der Waals surface area contributed by atoms with E-state index in [9.17, 15) is 38.4 Å². The van der Waals surface area contributed by atoms with Crippen LogP contribution in [0.2, 0.25) is 0 Å². The van der Waals surface area contributed by atoms with Crippen molar-refractivity contribution >= 4 is 46.8 Å². The average molecular weight is 909 g/mol. The standard InChI is InChI=1S/C52H72N6O8/c59-45(41-15-1-2-16-41)23-27-49(63)53-31-11-37-57(38-12-32-54-50(64)28-24-46(60)42-17-3-4-18-42)35-9-10-36-58(39-13-33-55-51(65)29-25-47(61)43-19-5-6-20-43)40-14-34-56-52(66)30-26-48(62)44-21-7-8-22-44/h1-8,15-22,41-44H,9-14,23-40H2,(H,53,63)(H,54,64)(H,55,65)(H,56,66). The highest BCUT2D eigenvalue weighted by Gasteiger charge is 2.19. The highest BCUT2D eigenvalue weighted by Crippen LogP contribution is 2.16. The van der Waals surface area contributed by atoms with E-state index < -0.39 is 0 Å². The molecule has 0 aliphatic heterocycles. The second kappa shape index (κ2) is 31.3. The third-order valence-corrected chi connectivity index (χ3v) is 12.0. The Morgan fingerprint density at radius 3 is 0.697 bits per heavy atom. The molecule has 0 aromatic carbocycles. The summed E-state index contributed by atoms with van der Waals surface area (Å²) in [6, 6.07) is 0. The number of ketones is 4. The van der Waals surface area contributed by atoms with E-state index in [1.165, 1.54) is 0 Å². The topological polar surface area (TPSA) is 191 Å². The first-order chi connectivity index (χ1) is 32.1. The van der Waals surface area contributed by atoms with Crippen LogP contribution >= 0.6 is 0 Å². The Hall–Kier alpha value is -5.60. The molecule has 4 aliphatic rings. The number of amides is 4. The minimum absolute atomic E-state index is 0.0328. The fraction of sp³-hybridized carbons (Fsp3) is 0.538. The lowest BCUT2D eigenvalue weighted by Gasteiger charge is -2.25. The largest absolute Gasteiger partial charge is 0.356 e. The maximum atomic E-state index is 12.5. The van der Waals surface area contributed by atoms with E-state index in [1.807, 2.05) is 97.2 Å². The first-order valence-corrected chi connectivity index (χ1v) is 24.1. The molecule has 0 atom stereocenters. The molecule has 4 aliphatic carbocycles. The molecule has 0 spiro atoms. The molecule has 4 N–H and O–H groups in total. The van der Waals surface area contributed by atoms with Crippen LogP contribution in [-0.2, 0) is 38.4 Å². The molecule has 0 unspecified atom stereocenters. The van der Waals surface area contributed by atoms with Gasteiger partial charge in [0.2, 0.25) is 23.6 Å². The lowest BCUT2D eigenvalue weighted by Crippen LogP contribution is -2.35. The molecular formula is C52H72N6O8. The first kappa shape index (κ1) is 53.0. The summed E-state index contributed by atoms with van der Waals surface area (Å²) in [6.07, 6.45) is 35.5. The molecular weight excluding hydrogens is 837 g/mol. The van der Waals surface area contributed by atoms with Crippen LogP contribution in [-0.4, -0.2) is 122 Å². The van der Waals surface area contributed by atoms with Gasteiger partial charge in [0.1, 0.15) is 23.1 Å². The fourth-order valence-electron chi connectivity index (χ4n) is 8.02. The second-order valence-electron chi connectivity index (χ2n) is 17.3. The van der Waals surface area contributed by atoms with Gasteiger partial charge in [0.15, 0.2) is 0 Å². The van der Waals surface area contributed by atoms with E-state index >= 15 is 0 Å². The van der Waals surface area contributed by atoms with E-state index in [4.69, 9.17) is 0 Å². The number of rotatable bonds is 37. The molecule has 4 rings (SSSR count). The first-order valence-electron chi connectivity index (χ1n) is 24.1. The van der Waals surface area contributed by atoms with Crippen molar-refractivity contribution in [2.24, 2.45) is 23.7 Å². The average Bonchev–Trinajstić information content (AvgIpc) is 4.18. The third kappa shape index (κ3) is 22.1. The van der Waals surface area contributed by atoms with E-state index in [-0.39, 0.29) is 122 Å². The minimum atomic E-state index is -0.241. The number of nitrogens with one attached hydrogen (secondary N) is 4. The number of hydrogen-bond donors (Lipinski definition) is 4. The molecule has 0 saturated carbocycles. The summed E-state index contributed by atoms with van der Waals surface area (Å²) < 4.78 is 0. The van der Waals surface area contributed by atoms with Crippen LogP contribution in [0.25, 0.3) is 0 Å². The summed E-state index contributed by atoms with van der Waals surface area (Å²) in [5, 5.41) is 11.8. The molecule has 0 saturated heterocycles. The highest BCUT2D eigenvalue weighted by atomic mass is 16.2. The van der Waals surface area contributed by atoms with Gasteiger partial charge in [-0.25, -0.2) is 0 Å². The maximum absolute atomic E-state index is 12.5. The summed E-state index contributed by atoms with van der Waals surface area (Å²) in [6.45, 7) is 6.53. The highest BCUT2D eigenvalue weighted by molar-refractivity contribution is 5.91. The minimum Gasteiger partial charge on any atom is -0.356 e. The molecule has 0 heterocycles. The van der Waals surface area contributed by atoms with E-state index in [0.717, 1.165) is 77.8 Å². The Bertz CT molecular complexity index is 1580. The van der Waals surface area contributed by atoms with Crippen LogP contribution in [0.3, 0.4) is 0 Å². The number of allylic oxidation sites excluding steroid dienone is 16. The summed E-state index contributed by atoms with van der Waals surface area (Å²) in [4.78, 5) is 104. The molecule has 14 heteroatoms. The van der Waals surface area contributed by atoms with Crippen molar-refractivity contribution in [1.82, 2.24) is 31.1 Å². The molecule has 66 heavy (non-hydrogen) atoms. The summed E-state index contributed by atoms with van der Waals surface area (Å²) >= 11 is 0. The van der Waals surface area contributed by atoms with Crippen molar-refractivity contribution in [2.45, 2.75) is 89.9 Å². The molecule has 0 fully saturated rings. The van der Waals surface area contributed by atoms with Crippen molar-refractivity contribution in [2.75, 3.05) is 65.4 Å². The van der Waals surface area contributed by atoms with Crippen LogP contribution in [0, 0.1) is 23.7 Å². The van der Waals surface area contributed by atoms with Gasteiger partial charge in [0, 0.05) is 77.5 Å². The normalized spacial score (nSPS) is 15.2. The predicted molar refractivity (Wildman–Crippen MR) is 257 cm³/mol. The van der Waals surface area contributed by atoms with Gasteiger partial charge in [0.05, 0.1) is 23.7 Å². The van der Waals surface area contributed by atoms with E-state index in [2.05, 4.69) is 31.1 Å². The van der Waals surface area contributed by atoms with Crippen LogP contribution in [0.5, 0.6) is 0 Å². The van der Waals surface area contributed by atoms with Crippen molar-refractivity contribution in [3.05, 3.63) is 97.2 Å². The summed E-state index contributed by atoms with van der Waals surface area (Å²) in [5.41, 5.74) is 0. The fourth-order valence-corrected chi connectivity index (χ4v) is 8.02. The molecule has 0 aromatic rings. The van der Waals surface area contributed by atoms with Gasteiger partial charge in [0.25, 0.3) is 0 Å². The van der Waals surface area contributed by atoms with E-state index in [1.54, 1.807) is 0 Å². The number of nitrogens with zero attached hydrogens (tertiary/aromatic N) is 2. The van der Waals surface area contributed by atoms with Crippen molar-refractivity contribution in [3.8, 4) is 0 Å². The Labute approximate surface area is 391 Å². The molecule has 358 valence electrons. The zero-order valence-electron chi connectivity index (χ0n) is 38.7. The number of carbonyl (C=O) groups is 8. The van der Waals surface area contributed by atoms with Crippen molar-refractivity contribution in [3.63, 3.8) is 0 Å². The van der Waals surface area contributed by atoms with Gasteiger partial charge in [-0.1, -0.05) is 97.2 Å². The third-order valence-electron chi connectivity index (χ3n) is 12.0. The second-order valence-corrected chi connectivity index (χ2v) is 17.3. The Morgan fingerprint density at radius 1 is 0.288 bits per heavy atom. The number of Topliss-reactive ketones (excluding diaryl/α,β-unsaturated/α-hetero) is 4. The molecule has 14 nitrogen and oxygen atoms in total. The van der Waals surface area contributed by atoms with Crippen molar-refractivity contribution in [1.29, 1.82) is 0 Å². The lowest BCUT2D eigenvalue weighted by molar-refractivity contribution is -0.126. The summed E-state index contributed by atoms with van der Waals surface area (Å²) in [7, 11) is 0. The van der Waals surface area contributed by atoms with Gasteiger partial charge >= 0.3 is 0 Å².